The van der Waals surface area contributed by atoms with Crippen molar-refractivity contribution < 1.29 is 19.1 Å². The van der Waals surface area contributed by atoms with Crippen LogP contribution in [-0.4, -0.2) is 17.8 Å². The average molecular weight is 569 g/mol. The topological polar surface area (TPSA) is 75.7 Å². The summed E-state index contributed by atoms with van der Waals surface area (Å²) in [6.45, 7) is 6.23. The van der Waals surface area contributed by atoms with Crippen molar-refractivity contribution in [3.63, 3.8) is 0 Å². The Labute approximate surface area is 229 Å². The van der Waals surface area contributed by atoms with E-state index in [9.17, 15) is 14.4 Å². The fourth-order valence-electron chi connectivity index (χ4n) is 4.50. The number of nitrogens with one attached hydrogen (secondary N) is 1. The Kier molecular flexibility index (Phi) is 6.87. The molecule has 1 aliphatic rings. The molecule has 0 spiro atoms. The van der Waals surface area contributed by atoms with Crippen molar-refractivity contribution in [2.45, 2.75) is 27.4 Å². The highest BCUT2D eigenvalue weighted by Crippen LogP contribution is 2.33. The summed E-state index contributed by atoms with van der Waals surface area (Å²) in [6, 6.07) is 22.0. The predicted octanol–water partition coefficient (Wildman–Crippen LogP) is 6.77. The highest BCUT2D eigenvalue weighted by molar-refractivity contribution is 9.10. The van der Waals surface area contributed by atoms with Crippen molar-refractivity contribution in [3.05, 3.63) is 111 Å². The summed E-state index contributed by atoms with van der Waals surface area (Å²) in [5.41, 5.74) is 4.93. The number of halogens is 1. The minimum Gasteiger partial charge on any atom is -0.488 e. The molecule has 1 saturated heterocycles. The summed E-state index contributed by atoms with van der Waals surface area (Å²) in [6.07, 6.45) is 1.52. The zero-order valence-electron chi connectivity index (χ0n) is 21.2. The molecule has 0 bridgehead atoms. The number of fused-ring (bicyclic) bond motifs is 1. The number of benzene rings is 4. The van der Waals surface area contributed by atoms with Crippen molar-refractivity contribution in [3.8, 4) is 5.75 Å². The first-order valence-electron chi connectivity index (χ1n) is 12.1. The summed E-state index contributed by atoms with van der Waals surface area (Å²) in [4.78, 5) is 40.3. The summed E-state index contributed by atoms with van der Waals surface area (Å²) in [5.74, 6) is -0.922. The molecule has 1 N–H and O–H groups in total. The van der Waals surface area contributed by atoms with Gasteiger partial charge in [0.05, 0.1) is 5.69 Å². The third-order valence-corrected chi connectivity index (χ3v) is 7.18. The molecular weight excluding hydrogens is 544 g/mol. The van der Waals surface area contributed by atoms with Crippen LogP contribution in [0.1, 0.15) is 27.8 Å². The van der Waals surface area contributed by atoms with Crippen molar-refractivity contribution in [2.24, 2.45) is 0 Å². The number of rotatable bonds is 5. The fraction of sp³-hybridized carbons (Fsp3) is 0.129. The Balaban J connectivity index is 1.58. The van der Waals surface area contributed by atoms with Gasteiger partial charge in [-0.15, -0.1) is 0 Å². The number of carbonyl (C=O) groups excluding carboxylic acids is 3. The second-order valence-corrected chi connectivity index (χ2v) is 10.2. The minimum absolute atomic E-state index is 0.153. The lowest BCUT2D eigenvalue weighted by Gasteiger charge is -2.27. The van der Waals surface area contributed by atoms with E-state index in [-0.39, 0.29) is 5.57 Å². The number of amides is 4. The van der Waals surface area contributed by atoms with E-state index in [1.54, 1.807) is 25.1 Å². The number of hydrogen-bond acceptors (Lipinski definition) is 4. The molecule has 38 heavy (non-hydrogen) atoms. The maximum Gasteiger partial charge on any atom is 0.335 e. The number of ether oxygens (including phenoxy) is 1. The predicted molar refractivity (Wildman–Crippen MR) is 152 cm³/mol. The number of carbonyl (C=O) groups is 3. The van der Waals surface area contributed by atoms with Crippen LogP contribution in [0.5, 0.6) is 5.75 Å². The van der Waals surface area contributed by atoms with Gasteiger partial charge < -0.3 is 4.74 Å². The molecule has 0 radical (unpaired) electrons. The van der Waals surface area contributed by atoms with E-state index in [0.717, 1.165) is 25.7 Å². The van der Waals surface area contributed by atoms with Crippen molar-refractivity contribution in [1.29, 1.82) is 0 Å². The van der Waals surface area contributed by atoms with Gasteiger partial charge in [0.2, 0.25) is 0 Å². The molecule has 0 aromatic heterocycles. The van der Waals surface area contributed by atoms with Crippen LogP contribution in [0.25, 0.3) is 16.8 Å². The first-order chi connectivity index (χ1) is 18.2. The lowest BCUT2D eigenvalue weighted by molar-refractivity contribution is -0.122. The highest BCUT2D eigenvalue weighted by Gasteiger charge is 2.37. The minimum atomic E-state index is -0.785. The van der Waals surface area contributed by atoms with Gasteiger partial charge in [-0.05, 0) is 84.1 Å². The number of barbiturate groups is 1. The van der Waals surface area contributed by atoms with Gasteiger partial charge >= 0.3 is 6.03 Å². The highest BCUT2D eigenvalue weighted by atomic mass is 79.9. The van der Waals surface area contributed by atoms with E-state index in [0.29, 0.717) is 29.2 Å². The Morgan fingerprint density at radius 3 is 2.42 bits per heavy atom. The Morgan fingerprint density at radius 2 is 1.66 bits per heavy atom. The van der Waals surface area contributed by atoms with Gasteiger partial charge in [0.15, 0.2) is 0 Å². The molecule has 6 nitrogen and oxygen atoms in total. The van der Waals surface area contributed by atoms with Crippen LogP contribution in [0.15, 0.2) is 82.8 Å². The Hall–Kier alpha value is -4.23. The SMILES string of the molecule is Cc1ccc(COc2ccc3ccccc3c2/C=C2/C(=O)NC(=O)N(c3ccc(Br)cc3C)C2=O)cc1C. The van der Waals surface area contributed by atoms with Crippen molar-refractivity contribution in [2.75, 3.05) is 4.90 Å². The van der Waals surface area contributed by atoms with Crippen LogP contribution in [0, 0.1) is 20.8 Å². The first kappa shape index (κ1) is 25.4. The quantitative estimate of drug-likeness (QED) is 0.213. The normalized spacial score (nSPS) is 14.8. The molecule has 4 aromatic rings. The molecule has 7 heteroatoms. The molecule has 4 aromatic carbocycles. The lowest BCUT2D eigenvalue weighted by Crippen LogP contribution is -2.54. The second kappa shape index (κ2) is 10.3. The second-order valence-electron chi connectivity index (χ2n) is 9.29. The average Bonchev–Trinajstić information content (AvgIpc) is 2.88. The van der Waals surface area contributed by atoms with E-state index < -0.39 is 17.8 Å². The molecule has 0 unspecified atom stereocenters. The van der Waals surface area contributed by atoms with E-state index in [1.165, 1.54) is 17.2 Å². The van der Waals surface area contributed by atoms with Crippen LogP contribution < -0.4 is 15.0 Å². The van der Waals surface area contributed by atoms with Crippen LogP contribution in [0.4, 0.5) is 10.5 Å². The van der Waals surface area contributed by atoms with E-state index in [1.807, 2.05) is 42.5 Å². The molecule has 0 saturated carbocycles. The third kappa shape index (κ3) is 4.85. The Bertz CT molecular complexity index is 1660. The molecule has 1 fully saturated rings. The maximum absolute atomic E-state index is 13.6. The maximum atomic E-state index is 13.6. The largest absolute Gasteiger partial charge is 0.488 e. The van der Waals surface area contributed by atoms with Crippen molar-refractivity contribution >= 4 is 56.3 Å². The number of aryl methyl sites for hydroxylation is 3. The molecule has 5 rings (SSSR count). The van der Waals surface area contributed by atoms with Crippen LogP contribution in [0.2, 0.25) is 0 Å². The standard InChI is InChI=1S/C31H25BrN2O4/c1-18-8-9-21(14-19(18)2)17-38-28-13-10-22-6-4-5-7-24(22)25(28)16-26-29(35)33-31(37)34(30(26)36)27-12-11-23(32)15-20(27)3/h4-16H,17H2,1-3H3,(H,33,35,37)/b26-16-. The van der Waals surface area contributed by atoms with Gasteiger partial charge in [-0.25, -0.2) is 9.69 Å². The summed E-state index contributed by atoms with van der Waals surface area (Å²) in [5, 5.41) is 4.06. The number of hydrogen-bond donors (Lipinski definition) is 1. The molecule has 4 amide bonds. The fourth-order valence-corrected chi connectivity index (χ4v) is 4.97. The first-order valence-corrected chi connectivity index (χ1v) is 12.9. The molecule has 0 aliphatic carbocycles. The van der Waals surface area contributed by atoms with Crippen LogP contribution in [0.3, 0.4) is 0 Å². The third-order valence-electron chi connectivity index (χ3n) is 6.69. The summed E-state index contributed by atoms with van der Waals surface area (Å²) in [7, 11) is 0. The molecular formula is C31H25BrN2O4. The molecule has 0 atom stereocenters. The summed E-state index contributed by atoms with van der Waals surface area (Å²) < 4.78 is 7.05. The Morgan fingerprint density at radius 1 is 0.868 bits per heavy atom. The number of anilines is 1. The van der Waals surface area contributed by atoms with Crippen LogP contribution >= 0.6 is 15.9 Å². The molecule has 1 heterocycles. The van der Waals surface area contributed by atoms with Gasteiger partial charge in [-0.3, -0.25) is 14.9 Å². The van der Waals surface area contributed by atoms with Gasteiger partial charge in [0, 0.05) is 10.0 Å². The molecule has 190 valence electrons. The van der Waals surface area contributed by atoms with Gasteiger partial charge in [-0.2, -0.15) is 0 Å². The zero-order valence-corrected chi connectivity index (χ0v) is 22.8. The van der Waals surface area contributed by atoms with Crippen LogP contribution in [-0.2, 0) is 16.2 Å². The van der Waals surface area contributed by atoms with Gasteiger partial charge in [-0.1, -0.05) is 64.5 Å². The van der Waals surface area contributed by atoms with E-state index >= 15 is 0 Å². The van der Waals surface area contributed by atoms with Gasteiger partial charge in [0.25, 0.3) is 11.8 Å². The van der Waals surface area contributed by atoms with Gasteiger partial charge in [0.1, 0.15) is 17.9 Å². The van der Waals surface area contributed by atoms with Crippen molar-refractivity contribution in [1.82, 2.24) is 5.32 Å². The smallest absolute Gasteiger partial charge is 0.335 e. The zero-order chi connectivity index (χ0) is 27.0. The monoisotopic (exact) mass is 568 g/mol. The molecule has 1 aliphatic heterocycles. The lowest BCUT2D eigenvalue weighted by atomic mass is 9.99. The van der Waals surface area contributed by atoms with E-state index in [2.05, 4.69) is 47.2 Å². The number of nitrogens with zero attached hydrogens (tertiary/aromatic N) is 1. The summed E-state index contributed by atoms with van der Waals surface area (Å²) >= 11 is 3.40. The number of urea groups is 1. The van der Waals surface area contributed by atoms with E-state index in [4.69, 9.17) is 4.74 Å². The number of imide groups is 2.